The van der Waals surface area contributed by atoms with Gasteiger partial charge in [-0.3, -0.25) is 47.5 Å². The number of imidazole rings is 2. The number of ketones is 1. The van der Waals surface area contributed by atoms with Crippen LogP contribution in [0.2, 0.25) is 0 Å². The van der Waals surface area contributed by atoms with Gasteiger partial charge in [0.15, 0.2) is 59.0 Å². The number of imide groups is 1. The zero-order valence-corrected chi connectivity index (χ0v) is 55.2. The van der Waals surface area contributed by atoms with E-state index >= 15 is 8.78 Å². The van der Waals surface area contributed by atoms with Gasteiger partial charge < -0.3 is 79.7 Å². The number of primary amides is 1. The van der Waals surface area contributed by atoms with Gasteiger partial charge in [-0.05, 0) is 60.1 Å². The van der Waals surface area contributed by atoms with Gasteiger partial charge in [0, 0.05) is 50.9 Å². The highest BCUT2D eigenvalue weighted by atomic mass is 32.5. The number of ether oxygens (including phenoxy) is 5. The first-order valence-electron chi connectivity index (χ1n) is 29.9. The predicted octanol–water partition coefficient (Wildman–Crippen LogP) is 2.29. The SMILES string of the molecule is CC(C)[C@H](NC(=O)CCOCCC(=O)ON1C(=O)CCC1=O)C(=O)C[C@@H](CCCNC(N)=O)C(=O)Nc1ccc(COC(=O)N(C)CCOC(=O)Nc2ncnc3c2ncn3[C@@H]2O[C@@H]3COP(O)(=S)O[C@H]4[C@@H](F)[C@H](n5cnc6c(N)ncnc65)O[C@@H]4COP(O)(=S)O[C@H]3[C@H]2F)cc1. The first-order valence-corrected chi connectivity index (χ1v) is 35.1. The van der Waals surface area contributed by atoms with Gasteiger partial charge in [-0.25, -0.2) is 57.9 Å². The molecule has 12 atom stereocenters. The molecule has 9 rings (SSSR count). The number of halogens is 2. The highest BCUT2D eigenvalue weighted by Crippen LogP contribution is 2.55. The number of likely N-dealkylation sites (N-methyl/N-ethyl adjacent to an activating group) is 1. The van der Waals surface area contributed by atoms with Crippen LogP contribution in [0.5, 0.6) is 0 Å². The van der Waals surface area contributed by atoms with Gasteiger partial charge in [0.05, 0.1) is 58.1 Å². The Hall–Kier alpha value is -8.05. The van der Waals surface area contributed by atoms with Crippen molar-refractivity contribution >= 4 is 130 Å². The predicted molar refractivity (Wildman–Crippen MR) is 334 cm³/mol. The lowest BCUT2D eigenvalue weighted by Crippen LogP contribution is -2.45. The van der Waals surface area contributed by atoms with E-state index in [1.54, 1.807) is 38.1 Å². The van der Waals surface area contributed by atoms with Crippen molar-refractivity contribution in [2.24, 2.45) is 17.6 Å². The maximum atomic E-state index is 16.7. The molecule has 526 valence electrons. The molecule has 4 aliphatic rings. The topological polar surface area (TPSA) is 480 Å². The summed E-state index contributed by atoms with van der Waals surface area (Å²) in [5.74, 6) is -5.16. The minimum absolute atomic E-state index is 0.00985. The summed E-state index contributed by atoms with van der Waals surface area (Å²) < 4.78 is 85.8. The fourth-order valence-corrected chi connectivity index (χ4v) is 13.2. The van der Waals surface area contributed by atoms with E-state index < -0.39 is 147 Å². The summed E-state index contributed by atoms with van der Waals surface area (Å²) in [5, 5.41) is 10.7. The molecule has 8 amide bonds. The molecule has 0 radical (unpaired) electrons. The third kappa shape index (κ3) is 19.0. The molecule has 10 N–H and O–H groups in total. The number of hydroxylamine groups is 2. The molecule has 0 aliphatic carbocycles. The maximum Gasteiger partial charge on any atom is 0.412 e. The lowest BCUT2D eigenvalue weighted by Gasteiger charge is -2.29. The average molecular weight is 1440 g/mol. The third-order valence-corrected chi connectivity index (χ3v) is 18.3. The van der Waals surface area contributed by atoms with Crippen molar-refractivity contribution in [3.05, 3.63) is 55.1 Å². The van der Waals surface area contributed by atoms with Gasteiger partial charge in [0.1, 0.15) is 55.8 Å². The van der Waals surface area contributed by atoms with E-state index in [1.165, 1.54) is 17.9 Å². The number of benzene rings is 1. The van der Waals surface area contributed by atoms with E-state index in [9.17, 15) is 52.9 Å². The minimum Gasteiger partial charge on any atom is -0.447 e. The number of amides is 8. The number of carbonyl (C=O) groups excluding carboxylic acids is 9. The summed E-state index contributed by atoms with van der Waals surface area (Å²) in [6, 6.07) is 4.47. The van der Waals surface area contributed by atoms with Gasteiger partial charge in [-0.2, -0.15) is 0 Å². The number of hydrogen-bond donors (Lipinski definition) is 8. The quantitative estimate of drug-likeness (QED) is 0.0224. The molecule has 4 saturated heterocycles. The van der Waals surface area contributed by atoms with Gasteiger partial charge in [0.25, 0.3) is 11.8 Å². The lowest BCUT2D eigenvalue weighted by atomic mass is 9.89. The summed E-state index contributed by atoms with van der Waals surface area (Å²) in [6.45, 7) is -7.80. The molecule has 43 heteroatoms. The number of nitrogens with one attached hydrogen (secondary N) is 4. The molecule has 8 heterocycles. The number of hydrogen-bond acceptors (Lipinski definition) is 28. The number of carbonyl (C=O) groups is 9. The van der Waals surface area contributed by atoms with Crippen molar-refractivity contribution in [3.8, 4) is 0 Å². The molecule has 5 aromatic rings. The summed E-state index contributed by atoms with van der Waals surface area (Å²) in [6.07, 6.45) is -11.7. The summed E-state index contributed by atoms with van der Waals surface area (Å²) >= 11 is 10.5. The van der Waals surface area contributed by atoms with Crippen LogP contribution in [-0.2, 0) is 106 Å². The molecule has 0 spiro atoms. The Labute approximate surface area is 559 Å². The molecule has 4 fully saturated rings. The van der Waals surface area contributed by atoms with Crippen LogP contribution >= 0.6 is 13.4 Å². The molecular formula is C54H68F2N16O21P2S2. The van der Waals surface area contributed by atoms with Crippen LogP contribution < -0.4 is 32.7 Å². The fourth-order valence-electron chi connectivity index (χ4n) is 10.3. The van der Waals surface area contributed by atoms with Crippen molar-refractivity contribution < 1.29 is 108 Å². The number of aromatic nitrogens is 8. The number of anilines is 3. The van der Waals surface area contributed by atoms with Crippen LogP contribution in [0, 0.1) is 11.8 Å². The molecule has 1 aromatic carbocycles. The largest absolute Gasteiger partial charge is 0.447 e. The van der Waals surface area contributed by atoms with Crippen LogP contribution in [0.15, 0.2) is 49.6 Å². The molecule has 4 aliphatic heterocycles. The summed E-state index contributed by atoms with van der Waals surface area (Å²) in [7, 11) is 1.39. The van der Waals surface area contributed by atoms with Crippen LogP contribution in [-0.4, -0.2) is 208 Å². The molecule has 0 saturated carbocycles. The van der Waals surface area contributed by atoms with E-state index in [2.05, 4.69) is 51.2 Å². The number of fused-ring (bicyclic) bond motifs is 4. The second-order valence-electron chi connectivity index (χ2n) is 22.5. The van der Waals surface area contributed by atoms with Gasteiger partial charge in [-0.1, -0.05) is 26.0 Å². The van der Waals surface area contributed by atoms with Gasteiger partial charge >= 0.3 is 37.6 Å². The summed E-state index contributed by atoms with van der Waals surface area (Å²) in [4.78, 5) is 166. The van der Waals surface area contributed by atoms with Crippen LogP contribution in [0.3, 0.4) is 0 Å². The normalized spacial score (nSPS) is 24.9. The second-order valence-corrected chi connectivity index (χ2v) is 28.1. The highest BCUT2D eigenvalue weighted by Gasteiger charge is 2.54. The molecular weight excluding hydrogens is 1370 g/mol. The van der Waals surface area contributed by atoms with Crippen molar-refractivity contribution in [1.82, 2.24) is 59.6 Å². The third-order valence-electron chi connectivity index (χ3n) is 15.2. The van der Waals surface area contributed by atoms with Gasteiger partial charge in [-0.15, -0.1) is 5.06 Å². The number of nitrogens with zero attached hydrogens (tertiary/aromatic N) is 10. The average Bonchev–Trinajstić information content (AvgIpc) is 1.62. The number of nitrogens with two attached hydrogens (primary N) is 2. The molecule has 0 bridgehead atoms. The number of Topliss-reactive ketones (excluding diaryl/α,β-unsaturated/α-hetero) is 1. The van der Waals surface area contributed by atoms with Crippen LogP contribution in [0.25, 0.3) is 22.3 Å². The first kappa shape index (κ1) is 73.2. The Kier molecular flexibility index (Phi) is 24.6. The Bertz CT molecular complexity index is 3830. The van der Waals surface area contributed by atoms with E-state index in [4.69, 9.17) is 81.7 Å². The lowest BCUT2D eigenvalue weighted by molar-refractivity contribution is -0.198. The first-order chi connectivity index (χ1) is 46.1. The smallest absolute Gasteiger partial charge is 0.412 e. The van der Waals surface area contributed by atoms with Crippen molar-refractivity contribution in [3.63, 3.8) is 0 Å². The highest BCUT2D eigenvalue weighted by molar-refractivity contribution is 8.07. The number of rotatable bonds is 26. The Balaban J connectivity index is 0.716. The molecule has 4 aromatic heterocycles. The second kappa shape index (κ2) is 32.5. The van der Waals surface area contributed by atoms with E-state index in [1.807, 2.05) is 0 Å². The Morgan fingerprint density at radius 2 is 1.38 bits per heavy atom. The van der Waals surface area contributed by atoms with Crippen molar-refractivity contribution in [1.29, 1.82) is 0 Å². The van der Waals surface area contributed by atoms with E-state index in [0.29, 0.717) is 16.3 Å². The molecule has 2 unspecified atom stereocenters. The zero-order valence-electron chi connectivity index (χ0n) is 51.8. The Morgan fingerprint density at radius 1 is 0.794 bits per heavy atom. The Morgan fingerprint density at radius 3 is 1.99 bits per heavy atom. The summed E-state index contributed by atoms with van der Waals surface area (Å²) in [5.41, 5.74) is 12.0. The maximum absolute atomic E-state index is 16.7. The number of nitrogen functional groups attached to an aromatic ring is 1. The van der Waals surface area contributed by atoms with Crippen molar-refractivity contribution in [2.75, 3.05) is 69.5 Å². The minimum atomic E-state index is -4.44. The number of alkyl halides is 2. The van der Waals surface area contributed by atoms with Gasteiger partial charge in [0.2, 0.25) is 11.8 Å². The monoisotopic (exact) mass is 1440 g/mol. The van der Waals surface area contributed by atoms with E-state index in [-0.39, 0.29) is 118 Å². The molecule has 37 nitrogen and oxygen atoms in total. The van der Waals surface area contributed by atoms with Crippen molar-refractivity contribution in [2.45, 2.75) is 121 Å². The van der Waals surface area contributed by atoms with Crippen LogP contribution in [0.1, 0.15) is 76.8 Å². The fraction of sp³-hybridized carbons (Fsp3) is 0.537. The number of urea groups is 1. The van der Waals surface area contributed by atoms with Crippen LogP contribution in [0.4, 0.5) is 40.5 Å². The zero-order chi connectivity index (χ0) is 69.9. The molecule has 97 heavy (non-hydrogen) atoms. The van der Waals surface area contributed by atoms with E-state index in [0.717, 1.165) is 28.4 Å². The standard InChI is InChI=1S/C54H68F2N16O21P2S2/c1-27(2)40(67-34(74)12-16-84-17-13-37(77)91-72-35(75)10-11-36(72)76)31(73)19-29(5-4-14-59-52(58)79)49(78)66-30-8-6-28(7-9-30)20-86-54(81)69(3)15-18-85-53(80)68-46-42-48(63-24-61-46)71(26-65-42)51-39(56)44-33(90-51)22-88-94(82,96)92-43-32(21-87-95(83,97)93-44)89-50(38(43)55)70-25-64-41-45(57)60-23-62-47(41)70/h6-9,23-27,29,32-33,38-40,43-44,50-51H,4-5,10-22H2,1-3H3,(H,66,78)(H,67,74)(H,82,96)(H,83,97)(H2,57,60,62)(H3,58,59,79)(H,61,63,68,80)/t29-,32-,33-,38-,39-,40+,43-,44-,50-,51-,94?,95?/m1/s1.